The molecule has 9 nitrogen and oxygen atoms in total. The highest BCUT2D eigenvalue weighted by Crippen LogP contribution is 2.27. The Balaban J connectivity index is 2.02. The summed E-state index contributed by atoms with van der Waals surface area (Å²) >= 11 is 5.83. The van der Waals surface area contributed by atoms with Gasteiger partial charge >= 0.3 is 12.1 Å². The number of pyridine rings is 1. The van der Waals surface area contributed by atoms with Crippen LogP contribution in [-0.2, 0) is 4.74 Å². The first kappa shape index (κ1) is 20.1. The summed E-state index contributed by atoms with van der Waals surface area (Å²) in [5.74, 6) is -1.44. The van der Waals surface area contributed by atoms with Crippen molar-refractivity contribution in [2.45, 2.75) is 32.4 Å². The van der Waals surface area contributed by atoms with Gasteiger partial charge in [-0.05, 0) is 20.8 Å². The maximum atomic E-state index is 12.2. The molecule has 0 spiro atoms. The number of hydrogen-bond acceptors (Lipinski definition) is 7. The highest BCUT2D eigenvalue weighted by Gasteiger charge is 2.28. The van der Waals surface area contributed by atoms with Crippen molar-refractivity contribution in [2.24, 2.45) is 0 Å². The number of rotatable bonds is 4. The predicted molar refractivity (Wildman–Crippen MR) is 95.7 cm³/mol. The Morgan fingerprint density at radius 1 is 1.50 bits per heavy atom. The maximum Gasteiger partial charge on any atom is 0.410 e. The summed E-state index contributed by atoms with van der Waals surface area (Å²) in [5.41, 5.74) is 4.80. The van der Waals surface area contributed by atoms with Gasteiger partial charge in [-0.25, -0.2) is 14.6 Å². The second-order valence-electron chi connectivity index (χ2n) is 6.90. The minimum Gasteiger partial charge on any atom is -0.491 e. The topological polar surface area (TPSA) is 127 Å². The monoisotopic (exact) mass is 386 g/mol. The van der Waals surface area contributed by atoms with E-state index in [4.69, 9.17) is 26.8 Å². The van der Waals surface area contributed by atoms with Crippen LogP contribution in [0.5, 0.6) is 5.75 Å². The quantitative estimate of drug-likeness (QED) is 0.666. The lowest BCUT2D eigenvalue weighted by Gasteiger charge is -2.34. The number of carboxylic acid groups (broad SMARTS) is 1. The number of aromatic nitrogens is 1. The smallest absolute Gasteiger partial charge is 0.410 e. The van der Waals surface area contributed by atoms with Crippen molar-refractivity contribution in [3.63, 3.8) is 0 Å². The van der Waals surface area contributed by atoms with Crippen LogP contribution in [0.15, 0.2) is 6.07 Å². The van der Waals surface area contributed by atoms with Gasteiger partial charge in [0.2, 0.25) is 0 Å². The Morgan fingerprint density at radius 2 is 2.19 bits per heavy atom. The minimum absolute atomic E-state index is 0.0335. The molecule has 4 N–H and O–H groups in total. The van der Waals surface area contributed by atoms with Crippen molar-refractivity contribution < 1.29 is 24.2 Å². The van der Waals surface area contributed by atoms with Crippen LogP contribution in [0.4, 0.5) is 10.6 Å². The van der Waals surface area contributed by atoms with Crippen molar-refractivity contribution in [3.8, 4) is 5.75 Å². The molecule has 144 valence electrons. The number of carboxylic acids is 1. The van der Waals surface area contributed by atoms with Gasteiger partial charge in [-0.15, -0.1) is 0 Å². The van der Waals surface area contributed by atoms with E-state index in [9.17, 15) is 14.7 Å². The summed E-state index contributed by atoms with van der Waals surface area (Å²) in [4.78, 5) is 28.8. The Labute approximate surface area is 156 Å². The number of hydrogen-bond donors (Lipinski definition) is 3. The zero-order chi connectivity index (χ0) is 19.5. The number of nitrogens with two attached hydrogens (primary N) is 1. The van der Waals surface area contributed by atoms with Gasteiger partial charge in [-0.1, -0.05) is 11.6 Å². The number of ether oxygens (including phenoxy) is 2. The van der Waals surface area contributed by atoms with Crippen molar-refractivity contribution in [2.75, 3.05) is 32.0 Å². The van der Waals surface area contributed by atoms with Crippen molar-refractivity contribution in [1.29, 1.82) is 0 Å². The van der Waals surface area contributed by atoms with Crippen LogP contribution in [0.25, 0.3) is 0 Å². The van der Waals surface area contributed by atoms with E-state index in [-0.39, 0.29) is 34.9 Å². The molecule has 1 aromatic heterocycles. The van der Waals surface area contributed by atoms with E-state index in [0.717, 1.165) is 0 Å². The van der Waals surface area contributed by atoms with E-state index in [0.29, 0.717) is 19.6 Å². The molecular weight excluding hydrogens is 364 g/mol. The molecule has 10 heteroatoms. The predicted octanol–water partition coefficient (Wildman–Crippen LogP) is 1.60. The lowest BCUT2D eigenvalue weighted by molar-refractivity contribution is 0.0178. The summed E-state index contributed by atoms with van der Waals surface area (Å²) < 4.78 is 11.0. The fraction of sp³-hybridized carbons (Fsp3) is 0.562. The molecule has 1 fully saturated rings. The highest BCUT2D eigenvalue weighted by atomic mass is 35.5. The second-order valence-corrected chi connectivity index (χ2v) is 7.28. The first-order chi connectivity index (χ1) is 12.1. The molecule has 2 rings (SSSR count). The van der Waals surface area contributed by atoms with Crippen LogP contribution in [0.3, 0.4) is 0 Å². The third-order valence-corrected chi connectivity index (χ3v) is 3.73. The number of nitrogens with zero attached hydrogens (tertiary/aromatic N) is 2. The number of halogens is 1. The summed E-state index contributed by atoms with van der Waals surface area (Å²) in [6.45, 7) is 6.99. The van der Waals surface area contributed by atoms with Gasteiger partial charge in [0, 0.05) is 25.7 Å². The number of carbonyl (C=O) groups excluding carboxylic acids is 1. The average molecular weight is 387 g/mol. The SMILES string of the molecule is CC(C)(C)OC(=O)N1CCNC(COc2cc(Cl)nc(N)c2C(=O)O)C1. The summed E-state index contributed by atoms with van der Waals surface area (Å²) in [7, 11) is 0. The molecule has 1 atom stereocenters. The Morgan fingerprint density at radius 3 is 2.81 bits per heavy atom. The van der Waals surface area contributed by atoms with E-state index >= 15 is 0 Å². The normalized spacial score (nSPS) is 17.7. The van der Waals surface area contributed by atoms with Gasteiger partial charge in [0.25, 0.3) is 0 Å². The number of amides is 1. The summed E-state index contributed by atoms with van der Waals surface area (Å²) in [6.07, 6.45) is -0.397. The largest absolute Gasteiger partial charge is 0.491 e. The minimum atomic E-state index is -1.26. The van der Waals surface area contributed by atoms with Crippen LogP contribution in [0.2, 0.25) is 5.15 Å². The molecule has 2 heterocycles. The van der Waals surface area contributed by atoms with Gasteiger partial charge in [0.15, 0.2) is 0 Å². The third kappa shape index (κ3) is 5.37. The van der Waals surface area contributed by atoms with Crippen molar-refractivity contribution >= 4 is 29.5 Å². The van der Waals surface area contributed by atoms with Gasteiger partial charge in [0.05, 0.1) is 6.04 Å². The second kappa shape index (κ2) is 7.96. The number of nitrogens with one attached hydrogen (secondary N) is 1. The molecule has 1 aliphatic heterocycles. The average Bonchev–Trinajstić information content (AvgIpc) is 2.50. The molecule has 1 aliphatic rings. The molecule has 0 radical (unpaired) electrons. The molecule has 0 aliphatic carbocycles. The summed E-state index contributed by atoms with van der Waals surface area (Å²) in [5, 5.41) is 12.5. The summed E-state index contributed by atoms with van der Waals surface area (Å²) in [6, 6.07) is 1.10. The molecule has 1 aromatic rings. The molecule has 0 aromatic carbocycles. The molecule has 1 saturated heterocycles. The van der Waals surface area contributed by atoms with E-state index in [1.54, 1.807) is 25.7 Å². The zero-order valence-corrected chi connectivity index (χ0v) is 15.7. The lowest BCUT2D eigenvalue weighted by atomic mass is 10.2. The molecule has 0 saturated carbocycles. The van der Waals surface area contributed by atoms with Crippen LogP contribution < -0.4 is 15.8 Å². The standard InChI is InChI=1S/C16H23ClN4O5/c1-16(2,3)26-15(24)21-5-4-19-9(7-21)8-25-10-6-11(17)20-13(18)12(10)14(22)23/h6,9,19H,4-5,7-8H2,1-3H3,(H2,18,20)(H,22,23). The third-order valence-electron chi connectivity index (χ3n) is 3.54. The van der Waals surface area contributed by atoms with E-state index in [1.165, 1.54) is 6.07 Å². The Bertz CT molecular complexity index is 692. The van der Waals surface area contributed by atoms with Gasteiger partial charge < -0.3 is 30.5 Å². The molecule has 0 bridgehead atoms. The number of anilines is 1. The molecule has 1 unspecified atom stereocenters. The Kier molecular flexibility index (Phi) is 6.14. The molecule has 1 amide bonds. The van der Waals surface area contributed by atoms with Crippen molar-refractivity contribution in [1.82, 2.24) is 15.2 Å². The van der Waals surface area contributed by atoms with Crippen LogP contribution in [0.1, 0.15) is 31.1 Å². The zero-order valence-electron chi connectivity index (χ0n) is 14.9. The van der Waals surface area contributed by atoms with Crippen molar-refractivity contribution in [3.05, 3.63) is 16.8 Å². The fourth-order valence-corrected chi connectivity index (χ4v) is 2.65. The molecule has 26 heavy (non-hydrogen) atoms. The Hall–Kier alpha value is -2.26. The molecular formula is C16H23ClN4O5. The maximum absolute atomic E-state index is 12.2. The number of carbonyl (C=O) groups is 2. The van der Waals surface area contributed by atoms with Crippen LogP contribution >= 0.6 is 11.6 Å². The van der Waals surface area contributed by atoms with Crippen LogP contribution in [-0.4, -0.2) is 64.9 Å². The van der Waals surface area contributed by atoms with E-state index in [2.05, 4.69) is 10.3 Å². The first-order valence-corrected chi connectivity index (χ1v) is 8.48. The van der Waals surface area contributed by atoms with Crippen LogP contribution in [0, 0.1) is 0 Å². The highest BCUT2D eigenvalue weighted by molar-refractivity contribution is 6.29. The first-order valence-electron chi connectivity index (χ1n) is 8.10. The van der Waals surface area contributed by atoms with E-state index in [1.807, 2.05) is 0 Å². The number of piperazine rings is 1. The number of aromatic carboxylic acids is 1. The lowest BCUT2D eigenvalue weighted by Crippen LogP contribution is -2.55. The van der Waals surface area contributed by atoms with Gasteiger partial charge in [-0.2, -0.15) is 0 Å². The van der Waals surface area contributed by atoms with Gasteiger partial charge in [-0.3, -0.25) is 0 Å². The van der Waals surface area contributed by atoms with E-state index < -0.39 is 17.7 Å². The fourth-order valence-electron chi connectivity index (χ4n) is 2.46. The number of nitrogen functional groups attached to an aromatic ring is 1. The van der Waals surface area contributed by atoms with Gasteiger partial charge in [0.1, 0.15) is 34.5 Å².